The van der Waals surface area contributed by atoms with E-state index < -0.39 is 17.1 Å². The predicted molar refractivity (Wildman–Crippen MR) is 43.2 cm³/mol. The number of rotatable bonds is 5. The standard InChI is InChI=1S/C5H14O3Si2/c1-6-5-8-10(4)9(3)7-2/h5H2,1-4H3. The first-order valence-corrected chi connectivity index (χ1v) is 7.87. The van der Waals surface area contributed by atoms with Gasteiger partial charge in [0.25, 0.3) is 0 Å². The molecule has 0 amide bonds. The van der Waals surface area contributed by atoms with E-state index in [-0.39, 0.29) is 0 Å². The fraction of sp³-hybridized carbons (Fsp3) is 1.00. The molecule has 2 radical (unpaired) electrons. The highest BCUT2D eigenvalue weighted by atomic mass is 29.2. The Morgan fingerprint density at radius 3 is 2.10 bits per heavy atom. The Kier molecular flexibility index (Phi) is 6.24. The molecule has 10 heavy (non-hydrogen) atoms. The summed E-state index contributed by atoms with van der Waals surface area (Å²) in [5.41, 5.74) is 0. The van der Waals surface area contributed by atoms with E-state index in [4.69, 9.17) is 13.6 Å². The van der Waals surface area contributed by atoms with Gasteiger partial charge in [0.2, 0.25) is 17.1 Å². The molecule has 0 aliphatic carbocycles. The van der Waals surface area contributed by atoms with Crippen LogP contribution in [0.1, 0.15) is 0 Å². The summed E-state index contributed by atoms with van der Waals surface area (Å²) in [4.78, 5) is 0. The average molecular weight is 178 g/mol. The molecule has 3 nitrogen and oxygen atoms in total. The summed E-state index contributed by atoms with van der Waals surface area (Å²) in [6.07, 6.45) is 0. The van der Waals surface area contributed by atoms with Crippen molar-refractivity contribution < 1.29 is 13.6 Å². The van der Waals surface area contributed by atoms with Crippen molar-refractivity contribution in [2.75, 3.05) is 21.0 Å². The molecule has 0 bridgehead atoms. The van der Waals surface area contributed by atoms with E-state index in [2.05, 4.69) is 13.1 Å². The highest BCUT2D eigenvalue weighted by Crippen LogP contribution is 1.93. The van der Waals surface area contributed by atoms with Crippen LogP contribution < -0.4 is 0 Å². The quantitative estimate of drug-likeness (QED) is 0.455. The lowest BCUT2D eigenvalue weighted by molar-refractivity contribution is 0.0518. The summed E-state index contributed by atoms with van der Waals surface area (Å²) in [5.74, 6) is 0. The minimum absolute atomic E-state index is 0.399. The highest BCUT2D eigenvalue weighted by molar-refractivity contribution is 7.15. The van der Waals surface area contributed by atoms with Crippen LogP contribution >= 0.6 is 0 Å². The first-order valence-electron chi connectivity index (χ1n) is 3.05. The molecule has 0 saturated heterocycles. The molecule has 0 saturated carbocycles. The minimum atomic E-state index is -0.726. The molecule has 0 N–H and O–H groups in total. The minimum Gasteiger partial charge on any atom is -0.421 e. The Hall–Kier alpha value is 0.314. The number of methoxy groups -OCH3 is 1. The van der Waals surface area contributed by atoms with E-state index in [0.29, 0.717) is 6.79 Å². The van der Waals surface area contributed by atoms with Crippen molar-refractivity contribution in [3.63, 3.8) is 0 Å². The maximum absolute atomic E-state index is 5.34. The second kappa shape index (κ2) is 6.05. The maximum atomic E-state index is 5.34. The van der Waals surface area contributed by atoms with Crippen molar-refractivity contribution in [3.05, 3.63) is 0 Å². The molecule has 5 heteroatoms. The van der Waals surface area contributed by atoms with Crippen LogP contribution in [0.5, 0.6) is 0 Å². The van der Waals surface area contributed by atoms with Gasteiger partial charge in [0, 0.05) is 14.2 Å². The van der Waals surface area contributed by atoms with Crippen LogP contribution in [0, 0.1) is 0 Å². The fourth-order valence-electron chi connectivity index (χ4n) is 0.393. The molecule has 0 spiro atoms. The van der Waals surface area contributed by atoms with Gasteiger partial charge >= 0.3 is 0 Å². The van der Waals surface area contributed by atoms with Gasteiger partial charge in [-0.2, -0.15) is 0 Å². The lowest BCUT2D eigenvalue weighted by Gasteiger charge is -2.13. The molecule has 60 valence electrons. The van der Waals surface area contributed by atoms with Gasteiger partial charge in [-0.15, -0.1) is 0 Å². The zero-order valence-corrected chi connectivity index (χ0v) is 8.93. The molecule has 0 aliphatic rings. The topological polar surface area (TPSA) is 27.7 Å². The summed E-state index contributed by atoms with van der Waals surface area (Å²) in [5, 5.41) is 0. The predicted octanol–water partition coefficient (Wildman–Crippen LogP) is 0.574. The van der Waals surface area contributed by atoms with Crippen molar-refractivity contribution >= 4 is 17.1 Å². The van der Waals surface area contributed by atoms with Gasteiger partial charge in [-0.3, -0.25) is 0 Å². The first-order chi connectivity index (χ1) is 4.72. The van der Waals surface area contributed by atoms with E-state index in [1.165, 1.54) is 0 Å². The van der Waals surface area contributed by atoms with Crippen molar-refractivity contribution in [2.45, 2.75) is 13.1 Å². The van der Waals surface area contributed by atoms with Crippen molar-refractivity contribution in [1.82, 2.24) is 0 Å². The van der Waals surface area contributed by atoms with Crippen LogP contribution in [-0.4, -0.2) is 38.1 Å². The first kappa shape index (κ1) is 10.3. The van der Waals surface area contributed by atoms with Gasteiger partial charge in [0.05, 0.1) is 0 Å². The smallest absolute Gasteiger partial charge is 0.229 e. The number of hydrogen-bond donors (Lipinski definition) is 0. The van der Waals surface area contributed by atoms with Crippen LogP contribution in [0.25, 0.3) is 0 Å². The van der Waals surface area contributed by atoms with Gasteiger partial charge < -0.3 is 13.6 Å². The summed E-state index contributed by atoms with van der Waals surface area (Å²) < 4.78 is 15.3. The van der Waals surface area contributed by atoms with Crippen LogP contribution in [-0.2, 0) is 13.6 Å². The zero-order chi connectivity index (χ0) is 7.98. The lowest BCUT2D eigenvalue weighted by Crippen LogP contribution is -2.35. The van der Waals surface area contributed by atoms with E-state index in [1.807, 2.05) is 0 Å². The largest absolute Gasteiger partial charge is 0.421 e. The molecule has 0 fully saturated rings. The Morgan fingerprint density at radius 2 is 1.70 bits per heavy atom. The number of ether oxygens (including phenoxy) is 1. The van der Waals surface area contributed by atoms with Crippen molar-refractivity contribution in [1.29, 1.82) is 0 Å². The van der Waals surface area contributed by atoms with Gasteiger partial charge in [-0.05, 0) is 13.1 Å². The third-order valence-electron chi connectivity index (χ3n) is 1.20. The summed E-state index contributed by atoms with van der Waals surface area (Å²) in [6.45, 7) is 4.60. The van der Waals surface area contributed by atoms with Crippen LogP contribution in [0.2, 0.25) is 13.1 Å². The third kappa shape index (κ3) is 4.18. The van der Waals surface area contributed by atoms with Crippen LogP contribution in [0.3, 0.4) is 0 Å². The zero-order valence-electron chi connectivity index (χ0n) is 6.93. The number of hydrogen-bond acceptors (Lipinski definition) is 3. The monoisotopic (exact) mass is 178 g/mol. The second-order valence-electron chi connectivity index (χ2n) is 1.87. The summed E-state index contributed by atoms with van der Waals surface area (Å²) in [7, 11) is 1.96. The average Bonchev–Trinajstić information content (AvgIpc) is 1.98. The third-order valence-corrected chi connectivity index (χ3v) is 7.37. The maximum Gasteiger partial charge on any atom is 0.229 e. The van der Waals surface area contributed by atoms with Gasteiger partial charge in [0.15, 0.2) is 0 Å². The molecule has 0 aromatic rings. The molecule has 0 aliphatic heterocycles. The molecular weight excluding hydrogens is 164 g/mol. The van der Waals surface area contributed by atoms with E-state index in [0.717, 1.165) is 0 Å². The molecule has 0 aromatic heterocycles. The van der Waals surface area contributed by atoms with Crippen LogP contribution in [0.15, 0.2) is 0 Å². The molecule has 0 heterocycles. The molecule has 0 unspecified atom stereocenters. The van der Waals surface area contributed by atoms with Crippen LogP contribution in [0.4, 0.5) is 0 Å². The van der Waals surface area contributed by atoms with E-state index in [1.54, 1.807) is 14.2 Å². The van der Waals surface area contributed by atoms with E-state index in [9.17, 15) is 0 Å². The van der Waals surface area contributed by atoms with Gasteiger partial charge in [0.1, 0.15) is 6.79 Å². The normalized spacial score (nSPS) is 11.4. The molecule has 0 atom stereocenters. The Labute approximate surface area is 65.5 Å². The molecule has 0 rings (SSSR count). The van der Waals surface area contributed by atoms with E-state index >= 15 is 0 Å². The SMILES string of the molecule is COCO[Si](C)[Si](C)OC. The molecule has 0 aromatic carbocycles. The van der Waals surface area contributed by atoms with Gasteiger partial charge in [-0.1, -0.05) is 0 Å². The van der Waals surface area contributed by atoms with Crippen molar-refractivity contribution in [2.24, 2.45) is 0 Å². The van der Waals surface area contributed by atoms with Crippen molar-refractivity contribution in [3.8, 4) is 0 Å². The Bertz CT molecular complexity index is 81.3. The highest BCUT2D eigenvalue weighted by Gasteiger charge is 2.18. The fourth-order valence-corrected chi connectivity index (χ4v) is 2.83. The summed E-state index contributed by atoms with van der Waals surface area (Å²) >= 11 is 0. The summed E-state index contributed by atoms with van der Waals surface area (Å²) in [6, 6.07) is 0. The second-order valence-corrected chi connectivity index (χ2v) is 9.01. The lowest BCUT2D eigenvalue weighted by atomic mass is 11.4. The Balaban J connectivity index is 3.31. The molecular formula is C5H14O3Si2. The van der Waals surface area contributed by atoms with Gasteiger partial charge in [-0.25, -0.2) is 0 Å². The Morgan fingerprint density at radius 1 is 1.10 bits per heavy atom.